The molecule has 0 aliphatic carbocycles. The minimum atomic E-state index is -0.837. The van der Waals surface area contributed by atoms with E-state index >= 15 is 0 Å². The number of rotatable bonds is 5. The normalized spacial score (nSPS) is 19.4. The predicted octanol–water partition coefficient (Wildman–Crippen LogP) is 0.317. The van der Waals surface area contributed by atoms with Crippen molar-refractivity contribution in [1.29, 1.82) is 0 Å². The van der Waals surface area contributed by atoms with Crippen LogP contribution in [-0.2, 0) is 24.0 Å². The van der Waals surface area contributed by atoms with E-state index in [0.29, 0.717) is 11.7 Å². The number of hydrogen-bond donors (Lipinski definition) is 1. The first-order chi connectivity index (χ1) is 7.97. The Bertz CT molecular complexity index is 317. The van der Waals surface area contributed by atoms with E-state index in [4.69, 9.17) is 9.57 Å². The van der Waals surface area contributed by atoms with Gasteiger partial charge in [0.1, 0.15) is 5.25 Å². The molecular weight excluding hydrogens is 246 g/mol. The molecule has 7 heteroatoms. The van der Waals surface area contributed by atoms with Crippen LogP contribution < -0.4 is 0 Å². The molecule has 1 rings (SSSR count). The third kappa shape index (κ3) is 3.44. The first-order valence-corrected chi connectivity index (χ1v) is 5.86. The van der Waals surface area contributed by atoms with Gasteiger partial charge in [0.25, 0.3) is 11.8 Å². The third-order valence-corrected chi connectivity index (χ3v) is 2.93. The average Bonchev–Trinajstić information content (AvgIpc) is 2.60. The third-order valence-electron chi connectivity index (χ3n) is 2.30. The first kappa shape index (κ1) is 14.0. The fraction of sp³-hybridized carbons (Fsp3) is 0.700. The van der Waals surface area contributed by atoms with Gasteiger partial charge < -0.3 is 9.57 Å². The van der Waals surface area contributed by atoms with E-state index in [1.807, 2.05) is 0 Å². The molecule has 17 heavy (non-hydrogen) atoms. The van der Waals surface area contributed by atoms with E-state index in [9.17, 15) is 14.4 Å². The van der Waals surface area contributed by atoms with Crippen molar-refractivity contribution in [2.45, 2.75) is 38.0 Å². The molecule has 0 N–H and O–H groups in total. The zero-order valence-electron chi connectivity index (χ0n) is 9.71. The quantitative estimate of drug-likeness (QED) is 0.570. The van der Waals surface area contributed by atoms with Crippen LogP contribution in [0.1, 0.15) is 26.7 Å². The minimum absolute atomic E-state index is 0.0738. The molecule has 0 aromatic rings. The number of carbonyl (C=O) groups is 3. The van der Waals surface area contributed by atoms with Crippen molar-refractivity contribution in [1.82, 2.24) is 5.06 Å². The van der Waals surface area contributed by atoms with Gasteiger partial charge >= 0.3 is 5.97 Å². The van der Waals surface area contributed by atoms with Crippen LogP contribution in [0.2, 0.25) is 0 Å². The molecule has 1 saturated heterocycles. The summed E-state index contributed by atoms with van der Waals surface area (Å²) in [4.78, 5) is 38.7. The molecule has 0 aromatic carbocycles. The number of amides is 2. The average molecular weight is 261 g/mol. The zero-order chi connectivity index (χ0) is 13.0. The number of nitrogens with zero attached hydrogens (tertiary/aromatic N) is 1. The Balaban J connectivity index is 2.53. The Labute approximate surface area is 105 Å². The number of hydroxylamine groups is 2. The molecule has 0 radical (unpaired) electrons. The number of hydrogen-bond acceptors (Lipinski definition) is 6. The molecule has 0 aromatic heterocycles. The lowest BCUT2D eigenvalue weighted by atomic mass is 10.3. The van der Waals surface area contributed by atoms with Crippen molar-refractivity contribution in [2.75, 3.05) is 6.61 Å². The zero-order valence-corrected chi connectivity index (χ0v) is 10.6. The highest BCUT2D eigenvalue weighted by Gasteiger charge is 2.35. The summed E-state index contributed by atoms with van der Waals surface area (Å²) in [6, 6.07) is 0. The minimum Gasteiger partial charge on any atom is -0.377 e. The molecular formula is C10H15NO5S. The second-order valence-corrected chi connectivity index (χ2v) is 4.15. The summed E-state index contributed by atoms with van der Waals surface area (Å²) >= 11 is 4.04. The van der Waals surface area contributed by atoms with Gasteiger partial charge in [-0.1, -0.05) is 0 Å². The maximum atomic E-state index is 11.6. The first-order valence-electron chi connectivity index (χ1n) is 5.34. The lowest BCUT2D eigenvalue weighted by molar-refractivity contribution is -0.198. The van der Waals surface area contributed by atoms with Crippen LogP contribution >= 0.6 is 12.6 Å². The van der Waals surface area contributed by atoms with Crippen LogP contribution in [0.3, 0.4) is 0 Å². The maximum Gasteiger partial charge on any atom is 0.348 e. The smallest absolute Gasteiger partial charge is 0.348 e. The fourth-order valence-corrected chi connectivity index (χ4v) is 1.48. The lowest BCUT2D eigenvalue weighted by Gasteiger charge is -2.20. The van der Waals surface area contributed by atoms with Crippen LogP contribution in [-0.4, -0.2) is 40.8 Å². The van der Waals surface area contributed by atoms with Gasteiger partial charge in [0, 0.05) is 19.4 Å². The van der Waals surface area contributed by atoms with Gasteiger partial charge in [-0.25, -0.2) is 4.79 Å². The summed E-state index contributed by atoms with van der Waals surface area (Å²) in [5, 5.41) is -0.333. The number of imide groups is 1. The van der Waals surface area contributed by atoms with Crippen LogP contribution in [0.4, 0.5) is 0 Å². The number of thiol groups is 1. The highest BCUT2D eigenvalue weighted by Crippen LogP contribution is 2.15. The van der Waals surface area contributed by atoms with Crippen LogP contribution in [0.15, 0.2) is 0 Å². The number of ether oxygens (including phenoxy) is 1. The van der Waals surface area contributed by atoms with Gasteiger partial charge in [-0.3, -0.25) is 9.59 Å². The van der Waals surface area contributed by atoms with Gasteiger partial charge in [-0.05, 0) is 13.8 Å². The Morgan fingerprint density at radius 3 is 2.41 bits per heavy atom. The predicted molar refractivity (Wildman–Crippen MR) is 61.0 cm³/mol. The van der Waals surface area contributed by atoms with Gasteiger partial charge in [0.05, 0.1) is 6.10 Å². The maximum absolute atomic E-state index is 11.6. The Hall–Kier alpha value is -1.08. The van der Waals surface area contributed by atoms with Gasteiger partial charge in [-0.2, -0.15) is 12.6 Å². The fourth-order valence-electron chi connectivity index (χ4n) is 1.35. The second-order valence-electron chi connectivity index (χ2n) is 3.60. The van der Waals surface area contributed by atoms with Gasteiger partial charge in [0.15, 0.2) is 0 Å². The topological polar surface area (TPSA) is 72.9 Å². The molecule has 1 fully saturated rings. The van der Waals surface area contributed by atoms with E-state index < -0.39 is 29.1 Å². The van der Waals surface area contributed by atoms with Crippen molar-refractivity contribution >= 4 is 30.4 Å². The van der Waals surface area contributed by atoms with E-state index in [2.05, 4.69) is 12.6 Å². The molecule has 6 nitrogen and oxygen atoms in total. The summed E-state index contributed by atoms with van der Waals surface area (Å²) in [5.74, 6) is -1.78. The Morgan fingerprint density at radius 2 is 1.94 bits per heavy atom. The summed E-state index contributed by atoms with van der Waals surface area (Å²) < 4.78 is 5.18. The van der Waals surface area contributed by atoms with E-state index in [-0.39, 0.29) is 12.8 Å². The summed E-state index contributed by atoms with van der Waals surface area (Å²) in [7, 11) is 0. The van der Waals surface area contributed by atoms with Gasteiger partial charge in [-0.15, -0.1) is 5.06 Å². The number of carbonyl (C=O) groups excluding carboxylic acids is 3. The molecule has 1 aliphatic rings. The SMILES string of the molecule is CCOC(C)[C@H](S)C(=O)ON1C(=O)CCC1=O. The van der Waals surface area contributed by atoms with E-state index in [1.165, 1.54) is 0 Å². The highest BCUT2D eigenvalue weighted by molar-refractivity contribution is 7.81. The van der Waals surface area contributed by atoms with E-state index in [0.717, 1.165) is 0 Å². The molecule has 2 atom stereocenters. The second kappa shape index (κ2) is 6.02. The van der Waals surface area contributed by atoms with Crippen molar-refractivity contribution in [2.24, 2.45) is 0 Å². The lowest BCUT2D eigenvalue weighted by Crippen LogP contribution is -2.38. The summed E-state index contributed by atoms with van der Waals surface area (Å²) in [5.41, 5.74) is 0. The van der Waals surface area contributed by atoms with Crippen molar-refractivity contribution < 1.29 is 24.0 Å². The molecule has 96 valence electrons. The molecule has 1 aliphatic heterocycles. The van der Waals surface area contributed by atoms with Crippen LogP contribution in [0, 0.1) is 0 Å². The van der Waals surface area contributed by atoms with Crippen molar-refractivity contribution in [3.05, 3.63) is 0 Å². The van der Waals surface area contributed by atoms with Crippen LogP contribution in [0.5, 0.6) is 0 Å². The molecule has 1 unspecified atom stereocenters. The van der Waals surface area contributed by atoms with Gasteiger partial charge in [0.2, 0.25) is 0 Å². The largest absolute Gasteiger partial charge is 0.377 e. The molecule has 2 amide bonds. The highest BCUT2D eigenvalue weighted by atomic mass is 32.1. The van der Waals surface area contributed by atoms with E-state index in [1.54, 1.807) is 13.8 Å². The van der Waals surface area contributed by atoms with Crippen molar-refractivity contribution in [3.8, 4) is 0 Å². The summed E-state index contributed by atoms with van der Waals surface area (Å²) in [6.45, 7) is 3.89. The van der Waals surface area contributed by atoms with Crippen molar-refractivity contribution in [3.63, 3.8) is 0 Å². The monoisotopic (exact) mass is 261 g/mol. The van der Waals surface area contributed by atoms with Crippen LogP contribution in [0.25, 0.3) is 0 Å². The molecule has 0 spiro atoms. The molecule has 0 bridgehead atoms. The molecule has 0 saturated carbocycles. The summed E-state index contributed by atoms with van der Waals surface area (Å²) in [6.07, 6.45) is -0.307. The molecule has 1 heterocycles. The Kier molecular flexibility index (Phi) is 4.95. The standard InChI is InChI=1S/C10H15NO5S/c1-3-15-6(2)9(17)10(14)16-11-7(12)4-5-8(11)13/h6,9,17H,3-5H2,1-2H3/t6?,9-/m0/s1. The Morgan fingerprint density at radius 1 is 1.41 bits per heavy atom.